The molecule has 0 spiro atoms. The Hall–Kier alpha value is -2.36. The van der Waals surface area contributed by atoms with E-state index in [0.29, 0.717) is 11.7 Å². The summed E-state index contributed by atoms with van der Waals surface area (Å²) in [5.41, 5.74) is 2.34. The van der Waals surface area contributed by atoms with E-state index in [-0.39, 0.29) is 17.6 Å². The maximum Gasteiger partial charge on any atom is 0.335 e. The number of carbonyl (C=O) groups is 1. The van der Waals surface area contributed by atoms with Gasteiger partial charge in [-0.25, -0.2) is 4.79 Å². The SMILES string of the molecule is O=C(O)c1ccc2c(c1)OC(c1ccccn1)C2C1CCCC1. The van der Waals surface area contributed by atoms with Crippen molar-refractivity contribution < 1.29 is 14.6 Å². The second kappa shape index (κ2) is 5.69. The summed E-state index contributed by atoms with van der Waals surface area (Å²) in [7, 11) is 0. The van der Waals surface area contributed by atoms with Crippen molar-refractivity contribution in [1.82, 2.24) is 4.98 Å². The molecule has 1 aliphatic carbocycles. The van der Waals surface area contributed by atoms with Crippen LogP contribution in [-0.4, -0.2) is 16.1 Å². The van der Waals surface area contributed by atoms with Gasteiger partial charge in [-0.05, 0) is 43.0 Å². The quantitative estimate of drug-likeness (QED) is 0.923. The van der Waals surface area contributed by atoms with Crippen molar-refractivity contribution in [3.05, 3.63) is 59.4 Å². The zero-order chi connectivity index (χ0) is 15.8. The van der Waals surface area contributed by atoms with Gasteiger partial charge in [-0.2, -0.15) is 0 Å². The van der Waals surface area contributed by atoms with Gasteiger partial charge >= 0.3 is 5.97 Å². The first kappa shape index (κ1) is 14.2. The fourth-order valence-electron chi connectivity index (χ4n) is 4.02. The highest BCUT2D eigenvalue weighted by atomic mass is 16.5. The van der Waals surface area contributed by atoms with Crippen LogP contribution in [0.4, 0.5) is 0 Å². The number of carboxylic acid groups (broad SMARTS) is 1. The maximum atomic E-state index is 11.2. The number of fused-ring (bicyclic) bond motifs is 1. The molecule has 4 rings (SSSR count). The predicted octanol–water partition coefficient (Wildman–Crippen LogP) is 4.19. The number of rotatable bonds is 3. The minimum atomic E-state index is -0.921. The number of ether oxygens (including phenoxy) is 1. The molecule has 0 bridgehead atoms. The lowest BCUT2D eigenvalue weighted by Gasteiger charge is -2.24. The summed E-state index contributed by atoms with van der Waals surface area (Å²) in [4.78, 5) is 15.7. The molecule has 4 nitrogen and oxygen atoms in total. The van der Waals surface area contributed by atoms with Gasteiger partial charge in [0.15, 0.2) is 0 Å². The normalized spacial score (nSPS) is 23.5. The lowest BCUT2D eigenvalue weighted by atomic mass is 9.81. The lowest BCUT2D eigenvalue weighted by Crippen LogP contribution is -2.17. The van der Waals surface area contributed by atoms with Crippen molar-refractivity contribution in [3.8, 4) is 5.75 Å². The van der Waals surface area contributed by atoms with Gasteiger partial charge in [-0.1, -0.05) is 25.0 Å². The Bertz CT molecular complexity index is 723. The lowest BCUT2D eigenvalue weighted by molar-refractivity contribution is 0.0696. The minimum absolute atomic E-state index is 0.113. The minimum Gasteiger partial charge on any atom is -0.483 e. The highest BCUT2D eigenvalue weighted by Gasteiger charge is 2.42. The van der Waals surface area contributed by atoms with E-state index in [2.05, 4.69) is 4.98 Å². The van der Waals surface area contributed by atoms with E-state index in [0.717, 1.165) is 11.3 Å². The molecule has 23 heavy (non-hydrogen) atoms. The highest BCUT2D eigenvalue weighted by Crippen LogP contribution is 2.53. The van der Waals surface area contributed by atoms with Gasteiger partial charge in [-0.15, -0.1) is 0 Å². The van der Waals surface area contributed by atoms with Gasteiger partial charge in [0.2, 0.25) is 0 Å². The van der Waals surface area contributed by atoms with Crippen LogP contribution in [-0.2, 0) is 0 Å². The smallest absolute Gasteiger partial charge is 0.335 e. The largest absolute Gasteiger partial charge is 0.483 e. The van der Waals surface area contributed by atoms with Crippen LogP contribution in [0.1, 0.15) is 59.3 Å². The van der Waals surface area contributed by atoms with Crippen molar-refractivity contribution in [3.63, 3.8) is 0 Å². The Morgan fingerprint density at radius 3 is 2.70 bits per heavy atom. The number of nitrogens with zero attached hydrogens (tertiary/aromatic N) is 1. The summed E-state index contributed by atoms with van der Waals surface area (Å²) in [6.45, 7) is 0. The first-order valence-electron chi connectivity index (χ1n) is 8.19. The standard InChI is InChI=1S/C19H19NO3/c21-19(22)13-8-9-14-16(11-13)23-18(15-7-3-4-10-20-15)17(14)12-5-1-2-6-12/h3-4,7-12,17-18H,1-2,5-6H2,(H,21,22). The summed E-state index contributed by atoms with van der Waals surface area (Å²) in [5, 5.41) is 9.21. The van der Waals surface area contributed by atoms with Gasteiger partial charge in [0.25, 0.3) is 0 Å². The third kappa shape index (κ3) is 2.48. The van der Waals surface area contributed by atoms with E-state index in [1.807, 2.05) is 24.3 Å². The maximum absolute atomic E-state index is 11.2. The Kier molecular flexibility index (Phi) is 3.52. The Morgan fingerprint density at radius 2 is 2.00 bits per heavy atom. The molecule has 1 aromatic heterocycles. The molecule has 1 aromatic carbocycles. The van der Waals surface area contributed by atoms with E-state index in [9.17, 15) is 9.90 Å². The fraction of sp³-hybridized carbons (Fsp3) is 0.368. The molecular formula is C19H19NO3. The third-order valence-corrected chi connectivity index (χ3v) is 5.09. The Balaban J connectivity index is 1.76. The molecule has 2 heterocycles. The van der Waals surface area contributed by atoms with E-state index < -0.39 is 5.97 Å². The number of hydrogen-bond donors (Lipinski definition) is 1. The van der Waals surface area contributed by atoms with Crippen molar-refractivity contribution in [2.45, 2.75) is 37.7 Å². The highest BCUT2D eigenvalue weighted by molar-refractivity contribution is 5.88. The third-order valence-electron chi connectivity index (χ3n) is 5.09. The number of aromatic nitrogens is 1. The molecular weight excluding hydrogens is 290 g/mol. The average Bonchev–Trinajstić information content (AvgIpc) is 3.21. The van der Waals surface area contributed by atoms with Crippen LogP contribution >= 0.6 is 0 Å². The van der Waals surface area contributed by atoms with Crippen LogP contribution in [0.15, 0.2) is 42.6 Å². The first-order chi connectivity index (χ1) is 11.2. The first-order valence-corrected chi connectivity index (χ1v) is 8.19. The van der Waals surface area contributed by atoms with E-state index in [1.165, 1.54) is 25.7 Å². The van der Waals surface area contributed by atoms with Crippen molar-refractivity contribution in [2.75, 3.05) is 0 Å². The Morgan fingerprint density at radius 1 is 1.17 bits per heavy atom. The Labute approximate surface area is 135 Å². The van der Waals surface area contributed by atoms with Crippen LogP contribution < -0.4 is 4.74 Å². The summed E-state index contributed by atoms with van der Waals surface area (Å²) in [6, 6.07) is 11.2. The van der Waals surface area contributed by atoms with Crippen molar-refractivity contribution >= 4 is 5.97 Å². The molecule has 0 saturated heterocycles. The second-order valence-corrected chi connectivity index (χ2v) is 6.42. The zero-order valence-electron chi connectivity index (χ0n) is 12.8. The predicted molar refractivity (Wildman–Crippen MR) is 85.7 cm³/mol. The number of benzene rings is 1. The fourth-order valence-corrected chi connectivity index (χ4v) is 4.02. The molecule has 4 heteroatoms. The van der Waals surface area contributed by atoms with Crippen LogP contribution in [0.3, 0.4) is 0 Å². The topological polar surface area (TPSA) is 59.4 Å². The van der Waals surface area contributed by atoms with Gasteiger partial charge in [-0.3, -0.25) is 4.98 Å². The van der Waals surface area contributed by atoms with Gasteiger partial charge < -0.3 is 9.84 Å². The molecule has 118 valence electrons. The van der Waals surface area contributed by atoms with Crippen LogP contribution in [0.25, 0.3) is 0 Å². The molecule has 2 unspecified atom stereocenters. The molecule has 1 fully saturated rings. The van der Waals surface area contributed by atoms with Gasteiger partial charge in [0.05, 0.1) is 11.3 Å². The second-order valence-electron chi connectivity index (χ2n) is 6.42. The molecule has 2 aromatic rings. The van der Waals surface area contributed by atoms with Crippen molar-refractivity contribution in [1.29, 1.82) is 0 Å². The van der Waals surface area contributed by atoms with E-state index in [4.69, 9.17) is 4.74 Å². The summed E-state index contributed by atoms with van der Waals surface area (Å²) in [6.07, 6.45) is 6.61. The zero-order valence-corrected chi connectivity index (χ0v) is 12.8. The molecule has 1 saturated carbocycles. The van der Waals surface area contributed by atoms with Gasteiger partial charge in [0.1, 0.15) is 11.9 Å². The number of hydrogen-bond acceptors (Lipinski definition) is 3. The molecule has 2 atom stereocenters. The summed E-state index contributed by atoms with van der Waals surface area (Å²) >= 11 is 0. The monoisotopic (exact) mass is 309 g/mol. The number of pyridine rings is 1. The summed E-state index contributed by atoms with van der Waals surface area (Å²) < 4.78 is 6.18. The number of aromatic carboxylic acids is 1. The van der Waals surface area contributed by atoms with Crippen LogP contribution in [0.2, 0.25) is 0 Å². The molecule has 0 amide bonds. The van der Waals surface area contributed by atoms with E-state index >= 15 is 0 Å². The molecule has 1 aliphatic heterocycles. The van der Waals surface area contributed by atoms with Crippen molar-refractivity contribution in [2.24, 2.45) is 5.92 Å². The van der Waals surface area contributed by atoms with Gasteiger partial charge in [0, 0.05) is 17.7 Å². The van der Waals surface area contributed by atoms with Crippen LogP contribution in [0, 0.1) is 5.92 Å². The van der Waals surface area contributed by atoms with Crippen LogP contribution in [0.5, 0.6) is 5.75 Å². The molecule has 2 aliphatic rings. The number of carboxylic acids is 1. The summed E-state index contributed by atoms with van der Waals surface area (Å²) in [5.74, 6) is 0.636. The van der Waals surface area contributed by atoms with E-state index in [1.54, 1.807) is 18.3 Å². The average molecular weight is 309 g/mol. The molecule has 0 radical (unpaired) electrons. The molecule has 1 N–H and O–H groups in total.